The lowest BCUT2D eigenvalue weighted by Gasteiger charge is -2.09. The van der Waals surface area contributed by atoms with Crippen molar-refractivity contribution < 1.29 is 4.79 Å². The average molecular weight is 441 g/mol. The largest absolute Gasteiger partial charge is 0.348 e. The zero-order valence-electron chi connectivity index (χ0n) is 15.7. The number of fused-ring (bicyclic) bond motifs is 2. The van der Waals surface area contributed by atoms with Crippen molar-refractivity contribution in [3.05, 3.63) is 87.4 Å². The van der Waals surface area contributed by atoms with E-state index in [1.54, 1.807) is 11.8 Å². The van der Waals surface area contributed by atoms with Crippen LogP contribution in [0, 0.1) is 0 Å². The fraction of sp³-hybridized carbons (Fsp3) is 0.130. The number of carbonyl (C=O) groups is 1. The van der Waals surface area contributed by atoms with Gasteiger partial charge < -0.3 is 5.32 Å². The molecule has 0 bridgehead atoms. The molecule has 3 nitrogen and oxygen atoms in total. The van der Waals surface area contributed by atoms with Gasteiger partial charge in [-0.25, -0.2) is 0 Å². The molecule has 146 valence electrons. The lowest BCUT2D eigenvalue weighted by Crippen LogP contribution is -2.22. The van der Waals surface area contributed by atoms with Crippen LogP contribution in [0.2, 0.25) is 10.0 Å². The summed E-state index contributed by atoms with van der Waals surface area (Å²) in [6.45, 7) is 2.44. The maximum Gasteiger partial charge on any atom is 0.251 e. The highest BCUT2D eigenvalue weighted by atomic mass is 35.5. The van der Waals surface area contributed by atoms with Crippen molar-refractivity contribution in [3.63, 3.8) is 0 Å². The van der Waals surface area contributed by atoms with E-state index in [2.05, 4.69) is 12.2 Å². The zero-order valence-corrected chi connectivity index (χ0v) is 18.0. The highest BCUT2D eigenvalue weighted by molar-refractivity contribution is 7.99. The SMILES string of the molecule is CCC1=Nc2cc(C(=O)NCc3ccccc3Cl)ccc2Sc2ccc(Cl)cc21. The van der Waals surface area contributed by atoms with Gasteiger partial charge in [-0.15, -0.1) is 0 Å². The van der Waals surface area contributed by atoms with Crippen LogP contribution in [0.3, 0.4) is 0 Å². The van der Waals surface area contributed by atoms with Crippen LogP contribution < -0.4 is 5.32 Å². The number of carbonyl (C=O) groups excluding carboxylic acids is 1. The van der Waals surface area contributed by atoms with E-state index < -0.39 is 0 Å². The van der Waals surface area contributed by atoms with Gasteiger partial charge in [0.25, 0.3) is 5.91 Å². The van der Waals surface area contributed by atoms with Gasteiger partial charge in [-0.05, 0) is 54.4 Å². The Morgan fingerprint density at radius 2 is 1.83 bits per heavy atom. The van der Waals surface area contributed by atoms with Gasteiger partial charge in [0.1, 0.15) is 0 Å². The molecule has 4 rings (SSSR count). The highest BCUT2D eigenvalue weighted by Gasteiger charge is 2.18. The van der Waals surface area contributed by atoms with Crippen LogP contribution in [-0.4, -0.2) is 11.6 Å². The number of hydrogen-bond donors (Lipinski definition) is 1. The molecule has 1 heterocycles. The van der Waals surface area contributed by atoms with Crippen molar-refractivity contribution in [2.75, 3.05) is 0 Å². The maximum absolute atomic E-state index is 12.7. The summed E-state index contributed by atoms with van der Waals surface area (Å²) < 4.78 is 0. The summed E-state index contributed by atoms with van der Waals surface area (Å²) in [6, 6.07) is 19.0. The smallest absolute Gasteiger partial charge is 0.251 e. The van der Waals surface area contributed by atoms with E-state index in [0.29, 0.717) is 22.2 Å². The molecule has 1 aliphatic heterocycles. The molecule has 29 heavy (non-hydrogen) atoms. The van der Waals surface area contributed by atoms with Gasteiger partial charge >= 0.3 is 0 Å². The molecule has 1 N–H and O–H groups in total. The van der Waals surface area contributed by atoms with Crippen molar-refractivity contribution in [1.29, 1.82) is 0 Å². The molecule has 0 fully saturated rings. The van der Waals surface area contributed by atoms with Crippen LogP contribution in [0.15, 0.2) is 75.4 Å². The van der Waals surface area contributed by atoms with Gasteiger partial charge in [0.15, 0.2) is 0 Å². The molecule has 0 spiro atoms. The fourth-order valence-corrected chi connectivity index (χ4v) is 4.54. The third-order valence-corrected chi connectivity index (χ3v) is 6.43. The first-order chi connectivity index (χ1) is 14.0. The number of aliphatic imine (C=N–C) groups is 1. The number of amides is 1. The van der Waals surface area contributed by atoms with Crippen molar-refractivity contribution >= 4 is 52.3 Å². The van der Waals surface area contributed by atoms with Crippen LogP contribution >= 0.6 is 35.0 Å². The molecule has 1 aliphatic rings. The summed E-state index contributed by atoms with van der Waals surface area (Å²) in [5, 5.41) is 4.26. The topological polar surface area (TPSA) is 41.5 Å². The van der Waals surface area contributed by atoms with Gasteiger partial charge in [-0.3, -0.25) is 9.79 Å². The van der Waals surface area contributed by atoms with E-state index in [4.69, 9.17) is 28.2 Å². The molecule has 3 aromatic carbocycles. The van der Waals surface area contributed by atoms with Gasteiger partial charge in [-0.1, -0.05) is 60.1 Å². The summed E-state index contributed by atoms with van der Waals surface area (Å²) in [7, 11) is 0. The predicted molar refractivity (Wildman–Crippen MR) is 121 cm³/mol. The lowest BCUT2D eigenvalue weighted by atomic mass is 10.1. The average Bonchev–Trinajstić information content (AvgIpc) is 2.88. The van der Waals surface area contributed by atoms with E-state index in [0.717, 1.165) is 38.7 Å². The lowest BCUT2D eigenvalue weighted by molar-refractivity contribution is 0.0951. The first kappa shape index (κ1) is 20.0. The number of halogens is 2. The molecule has 0 aromatic heterocycles. The summed E-state index contributed by atoms with van der Waals surface area (Å²) >= 11 is 14.0. The molecular weight excluding hydrogens is 423 g/mol. The number of rotatable bonds is 4. The molecular formula is C23H18Cl2N2OS. The Morgan fingerprint density at radius 1 is 1.03 bits per heavy atom. The number of nitrogens with one attached hydrogen (secondary N) is 1. The number of nitrogens with zero attached hydrogens (tertiary/aromatic N) is 1. The first-order valence-corrected chi connectivity index (χ1v) is 10.8. The van der Waals surface area contributed by atoms with Gasteiger partial charge in [0.05, 0.1) is 5.69 Å². The Balaban J connectivity index is 1.61. The third-order valence-electron chi connectivity index (χ3n) is 4.68. The summed E-state index contributed by atoms with van der Waals surface area (Å²) in [4.78, 5) is 19.7. The number of benzene rings is 3. The van der Waals surface area contributed by atoms with E-state index >= 15 is 0 Å². The van der Waals surface area contributed by atoms with Gasteiger partial charge in [0.2, 0.25) is 0 Å². The minimum atomic E-state index is -0.157. The Hall–Kier alpha value is -2.27. The van der Waals surface area contributed by atoms with Crippen molar-refractivity contribution in [2.24, 2.45) is 4.99 Å². The van der Waals surface area contributed by atoms with Crippen LogP contribution in [0.25, 0.3) is 0 Å². The monoisotopic (exact) mass is 440 g/mol. The van der Waals surface area contributed by atoms with Gasteiger partial charge in [-0.2, -0.15) is 0 Å². The normalized spacial score (nSPS) is 12.4. The van der Waals surface area contributed by atoms with Crippen LogP contribution in [0.4, 0.5) is 5.69 Å². The Labute approximate surface area is 184 Å². The molecule has 0 saturated heterocycles. The first-order valence-electron chi connectivity index (χ1n) is 9.26. The minimum absolute atomic E-state index is 0.157. The Kier molecular flexibility index (Phi) is 5.95. The molecule has 3 aromatic rings. The standard InChI is InChI=1S/C23H18Cl2N2OS/c1-2-19-17-12-16(24)8-10-21(17)29-22-9-7-14(11-20(22)27-19)23(28)26-13-15-5-3-4-6-18(15)25/h3-12H,2,13H2,1H3,(H,26,28). The predicted octanol–water partition coefficient (Wildman–Crippen LogP) is 6.92. The molecule has 0 unspecified atom stereocenters. The number of hydrogen-bond acceptors (Lipinski definition) is 3. The second kappa shape index (κ2) is 8.62. The molecule has 0 atom stereocenters. The molecule has 6 heteroatoms. The minimum Gasteiger partial charge on any atom is -0.348 e. The zero-order chi connectivity index (χ0) is 20.4. The molecule has 0 radical (unpaired) electrons. The van der Waals surface area contributed by atoms with Crippen molar-refractivity contribution in [3.8, 4) is 0 Å². The second-order valence-corrected chi connectivity index (χ2v) is 8.54. The van der Waals surface area contributed by atoms with Crippen LogP contribution in [0.5, 0.6) is 0 Å². The Bertz CT molecular complexity index is 1130. The van der Waals surface area contributed by atoms with E-state index in [1.807, 2.05) is 60.7 Å². The Morgan fingerprint density at radius 3 is 2.62 bits per heavy atom. The summed E-state index contributed by atoms with van der Waals surface area (Å²) in [6.07, 6.45) is 0.774. The van der Waals surface area contributed by atoms with E-state index in [-0.39, 0.29) is 5.91 Å². The van der Waals surface area contributed by atoms with Crippen molar-refractivity contribution in [1.82, 2.24) is 5.32 Å². The van der Waals surface area contributed by atoms with Crippen LogP contribution in [0.1, 0.15) is 34.8 Å². The van der Waals surface area contributed by atoms with Crippen LogP contribution in [-0.2, 0) is 6.54 Å². The summed E-state index contributed by atoms with van der Waals surface area (Å²) in [5.74, 6) is -0.157. The molecule has 0 saturated carbocycles. The second-order valence-electron chi connectivity index (χ2n) is 6.61. The molecule has 0 aliphatic carbocycles. The third kappa shape index (κ3) is 4.35. The van der Waals surface area contributed by atoms with E-state index in [1.165, 1.54) is 0 Å². The molecule has 1 amide bonds. The maximum atomic E-state index is 12.7. The summed E-state index contributed by atoms with van der Waals surface area (Å²) in [5.41, 5.74) is 4.25. The highest BCUT2D eigenvalue weighted by Crippen LogP contribution is 2.41. The van der Waals surface area contributed by atoms with Gasteiger partial charge in [0, 0.05) is 43.2 Å². The van der Waals surface area contributed by atoms with E-state index in [9.17, 15) is 4.79 Å². The quantitative estimate of drug-likeness (QED) is 0.478. The fourth-order valence-electron chi connectivity index (χ4n) is 3.16. The van der Waals surface area contributed by atoms with Crippen molar-refractivity contribution in [2.45, 2.75) is 29.7 Å².